The predicted molar refractivity (Wildman–Crippen MR) is 82.5 cm³/mol. The number of amides is 1. The molecule has 0 aromatic heterocycles. The molecule has 1 aromatic carbocycles. The van der Waals surface area contributed by atoms with Gasteiger partial charge in [-0.15, -0.1) is 0 Å². The molecule has 1 amide bonds. The second kappa shape index (κ2) is 6.48. The SMILES string of the molecule is CC(NCC1Cc2ccccc2O1)C(=O)N1CCCCC1. The maximum Gasteiger partial charge on any atom is 0.239 e. The Labute approximate surface area is 126 Å². The van der Waals surface area contributed by atoms with Crippen LogP contribution in [0.2, 0.25) is 0 Å². The van der Waals surface area contributed by atoms with E-state index in [1.807, 2.05) is 30.0 Å². The average Bonchev–Trinajstić information content (AvgIpc) is 2.95. The molecule has 2 aliphatic heterocycles. The molecular weight excluding hydrogens is 264 g/mol. The van der Waals surface area contributed by atoms with Crippen molar-refractivity contribution in [1.82, 2.24) is 10.2 Å². The van der Waals surface area contributed by atoms with Gasteiger partial charge in [0, 0.05) is 26.1 Å². The lowest BCUT2D eigenvalue weighted by Gasteiger charge is -2.29. The average molecular weight is 288 g/mol. The van der Waals surface area contributed by atoms with Gasteiger partial charge in [0.2, 0.25) is 5.91 Å². The minimum absolute atomic E-state index is 0.129. The number of rotatable bonds is 4. The Morgan fingerprint density at radius 2 is 2.10 bits per heavy atom. The fourth-order valence-corrected chi connectivity index (χ4v) is 3.15. The number of carbonyl (C=O) groups is 1. The first-order chi connectivity index (χ1) is 10.2. The molecule has 0 saturated carbocycles. The summed E-state index contributed by atoms with van der Waals surface area (Å²) in [6, 6.07) is 8.03. The maximum absolute atomic E-state index is 12.3. The summed E-state index contributed by atoms with van der Waals surface area (Å²) in [5, 5.41) is 3.34. The summed E-state index contributed by atoms with van der Waals surface area (Å²) in [4.78, 5) is 14.3. The first-order valence-electron chi connectivity index (χ1n) is 8.01. The molecule has 2 aliphatic rings. The van der Waals surface area contributed by atoms with Crippen molar-refractivity contribution in [1.29, 1.82) is 0 Å². The van der Waals surface area contributed by atoms with E-state index in [0.29, 0.717) is 0 Å². The Bertz CT molecular complexity index is 472. The van der Waals surface area contributed by atoms with Crippen LogP contribution in [-0.4, -0.2) is 42.6 Å². The topological polar surface area (TPSA) is 41.6 Å². The van der Waals surface area contributed by atoms with Crippen LogP contribution in [0.15, 0.2) is 24.3 Å². The van der Waals surface area contributed by atoms with Gasteiger partial charge in [0.05, 0.1) is 6.04 Å². The van der Waals surface area contributed by atoms with Crippen molar-refractivity contribution >= 4 is 5.91 Å². The Kier molecular flexibility index (Phi) is 4.44. The standard InChI is InChI=1S/C17H24N2O2/c1-13(17(20)19-9-5-2-6-10-19)18-12-15-11-14-7-3-4-8-16(14)21-15/h3-4,7-8,13,15,18H,2,5-6,9-12H2,1H3. The molecule has 2 heterocycles. The second-order valence-corrected chi connectivity index (χ2v) is 6.07. The van der Waals surface area contributed by atoms with Gasteiger partial charge < -0.3 is 15.0 Å². The number of likely N-dealkylation sites (tertiary alicyclic amines) is 1. The highest BCUT2D eigenvalue weighted by Gasteiger charge is 2.25. The number of hydrogen-bond donors (Lipinski definition) is 1. The minimum atomic E-state index is -0.129. The lowest BCUT2D eigenvalue weighted by molar-refractivity contribution is -0.134. The van der Waals surface area contributed by atoms with Crippen LogP contribution in [0, 0.1) is 0 Å². The van der Waals surface area contributed by atoms with E-state index >= 15 is 0 Å². The van der Waals surface area contributed by atoms with Gasteiger partial charge in [-0.05, 0) is 37.8 Å². The number of fused-ring (bicyclic) bond motifs is 1. The van der Waals surface area contributed by atoms with Crippen LogP contribution >= 0.6 is 0 Å². The normalized spacial score (nSPS) is 22.5. The van der Waals surface area contributed by atoms with Crippen molar-refractivity contribution in [3.05, 3.63) is 29.8 Å². The first-order valence-corrected chi connectivity index (χ1v) is 8.01. The largest absolute Gasteiger partial charge is 0.488 e. The van der Waals surface area contributed by atoms with Crippen LogP contribution in [0.3, 0.4) is 0 Å². The molecule has 1 saturated heterocycles. The number of benzene rings is 1. The lowest BCUT2D eigenvalue weighted by Crippen LogP contribution is -2.48. The fourth-order valence-electron chi connectivity index (χ4n) is 3.15. The molecule has 0 radical (unpaired) electrons. The van der Waals surface area contributed by atoms with Crippen LogP contribution in [0.25, 0.3) is 0 Å². The zero-order chi connectivity index (χ0) is 14.7. The summed E-state index contributed by atoms with van der Waals surface area (Å²) >= 11 is 0. The highest BCUT2D eigenvalue weighted by atomic mass is 16.5. The third kappa shape index (κ3) is 3.38. The van der Waals surface area contributed by atoms with E-state index in [2.05, 4.69) is 11.4 Å². The Morgan fingerprint density at radius 1 is 1.33 bits per heavy atom. The molecule has 3 rings (SSSR count). The summed E-state index contributed by atoms with van der Waals surface area (Å²) in [6.07, 6.45) is 4.59. The van der Waals surface area contributed by atoms with E-state index in [9.17, 15) is 4.79 Å². The molecule has 0 spiro atoms. The highest BCUT2D eigenvalue weighted by molar-refractivity contribution is 5.81. The third-order valence-corrected chi connectivity index (χ3v) is 4.40. The molecule has 4 heteroatoms. The Hall–Kier alpha value is -1.55. The molecule has 1 N–H and O–H groups in total. The Morgan fingerprint density at radius 3 is 2.86 bits per heavy atom. The van der Waals surface area contributed by atoms with Crippen molar-refractivity contribution in [3.8, 4) is 5.75 Å². The quantitative estimate of drug-likeness (QED) is 0.921. The van der Waals surface area contributed by atoms with E-state index in [1.165, 1.54) is 12.0 Å². The zero-order valence-corrected chi connectivity index (χ0v) is 12.7. The molecule has 4 nitrogen and oxygen atoms in total. The molecule has 2 unspecified atom stereocenters. The number of nitrogens with zero attached hydrogens (tertiary/aromatic N) is 1. The zero-order valence-electron chi connectivity index (χ0n) is 12.7. The summed E-state index contributed by atoms with van der Waals surface area (Å²) in [5.74, 6) is 1.21. The molecule has 2 atom stereocenters. The van der Waals surface area contributed by atoms with Crippen molar-refractivity contribution < 1.29 is 9.53 Å². The van der Waals surface area contributed by atoms with Gasteiger partial charge in [-0.1, -0.05) is 18.2 Å². The monoisotopic (exact) mass is 288 g/mol. The number of para-hydroxylation sites is 1. The highest BCUT2D eigenvalue weighted by Crippen LogP contribution is 2.27. The van der Waals surface area contributed by atoms with Gasteiger partial charge in [-0.2, -0.15) is 0 Å². The number of piperidine rings is 1. The van der Waals surface area contributed by atoms with Gasteiger partial charge in [-0.25, -0.2) is 0 Å². The van der Waals surface area contributed by atoms with Crippen LogP contribution < -0.4 is 10.1 Å². The number of nitrogens with one attached hydrogen (secondary N) is 1. The van der Waals surface area contributed by atoms with E-state index in [4.69, 9.17) is 4.74 Å². The molecule has 1 fully saturated rings. The van der Waals surface area contributed by atoms with Crippen molar-refractivity contribution in [3.63, 3.8) is 0 Å². The molecule has 21 heavy (non-hydrogen) atoms. The predicted octanol–water partition coefficient (Wildman–Crippen LogP) is 1.98. The summed E-state index contributed by atoms with van der Waals surface area (Å²) in [5.41, 5.74) is 1.26. The lowest BCUT2D eigenvalue weighted by atomic mass is 10.1. The smallest absolute Gasteiger partial charge is 0.239 e. The molecule has 1 aromatic rings. The van der Waals surface area contributed by atoms with E-state index in [1.54, 1.807) is 0 Å². The summed E-state index contributed by atoms with van der Waals surface area (Å²) in [6.45, 7) is 4.50. The van der Waals surface area contributed by atoms with Gasteiger partial charge in [0.15, 0.2) is 0 Å². The van der Waals surface area contributed by atoms with Crippen LogP contribution in [-0.2, 0) is 11.2 Å². The van der Waals surface area contributed by atoms with Gasteiger partial charge >= 0.3 is 0 Å². The second-order valence-electron chi connectivity index (χ2n) is 6.07. The van der Waals surface area contributed by atoms with Crippen LogP contribution in [0.1, 0.15) is 31.7 Å². The van der Waals surface area contributed by atoms with Gasteiger partial charge in [0.25, 0.3) is 0 Å². The summed E-state index contributed by atoms with van der Waals surface area (Å²) < 4.78 is 5.90. The molecular formula is C17H24N2O2. The van der Waals surface area contributed by atoms with Crippen molar-refractivity contribution in [2.24, 2.45) is 0 Å². The van der Waals surface area contributed by atoms with Gasteiger partial charge in [0.1, 0.15) is 11.9 Å². The number of ether oxygens (including phenoxy) is 1. The third-order valence-electron chi connectivity index (χ3n) is 4.40. The van der Waals surface area contributed by atoms with Crippen molar-refractivity contribution in [2.75, 3.05) is 19.6 Å². The fraction of sp³-hybridized carbons (Fsp3) is 0.588. The molecule has 0 aliphatic carbocycles. The van der Waals surface area contributed by atoms with E-state index in [0.717, 1.165) is 44.6 Å². The molecule has 114 valence electrons. The van der Waals surface area contributed by atoms with Crippen LogP contribution in [0.5, 0.6) is 5.75 Å². The number of hydrogen-bond acceptors (Lipinski definition) is 3. The first kappa shape index (κ1) is 14.4. The van der Waals surface area contributed by atoms with Gasteiger partial charge in [-0.3, -0.25) is 4.79 Å². The number of carbonyl (C=O) groups excluding carboxylic acids is 1. The molecule has 0 bridgehead atoms. The minimum Gasteiger partial charge on any atom is -0.488 e. The maximum atomic E-state index is 12.3. The summed E-state index contributed by atoms with van der Waals surface area (Å²) in [7, 11) is 0. The van der Waals surface area contributed by atoms with E-state index < -0.39 is 0 Å². The van der Waals surface area contributed by atoms with Crippen LogP contribution in [0.4, 0.5) is 0 Å². The van der Waals surface area contributed by atoms with E-state index in [-0.39, 0.29) is 18.1 Å². The van der Waals surface area contributed by atoms with Crippen molar-refractivity contribution in [2.45, 2.75) is 44.8 Å². The Balaban J connectivity index is 1.46.